The average molecular weight is 336 g/mol. The predicted octanol–water partition coefficient (Wildman–Crippen LogP) is 4.55. The zero-order chi connectivity index (χ0) is 14.4. The third kappa shape index (κ3) is 4.46. The number of anilines is 1. The van der Waals surface area contributed by atoms with Crippen LogP contribution in [0.1, 0.15) is 18.4 Å². The number of nitrogens with one attached hydrogen (secondary N) is 1. The second-order valence-corrected chi connectivity index (χ2v) is 5.37. The minimum Gasteiger partial charge on any atom is -0.325 e. The molecule has 2 nitrogen and oxygen atoms in total. The van der Waals surface area contributed by atoms with Crippen LogP contribution < -0.4 is 5.32 Å². The Morgan fingerprint density at radius 2 is 1.90 bits per heavy atom. The summed E-state index contributed by atoms with van der Waals surface area (Å²) >= 11 is 3.23. The molecular weight excluding hydrogens is 321 g/mol. The third-order valence-electron chi connectivity index (χ3n) is 2.92. The Morgan fingerprint density at radius 3 is 2.60 bits per heavy atom. The Bertz CT molecular complexity index is 586. The molecule has 0 aromatic heterocycles. The zero-order valence-corrected chi connectivity index (χ0v) is 12.5. The monoisotopic (exact) mass is 335 g/mol. The Kier molecular flexibility index (Phi) is 5.30. The fourth-order valence-electron chi connectivity index (χ4n) is 1.90. The van der Waals surface area contributed by atoms with Crippen LogP contribution in [0.3, 0.4) is 0 Å². The van der Waals surface area contributed by atoms with Crippen LogP contribution in [-0.2, 0) is 11.2 Å². The maximum absolute atomic E-state index is 12.9. The number of carbonyl (C=O) groups excluding carboxylic acids is 1. The normalized spacial score (nSPS) is 10.3. The summed E-state index contributed by atoms with van der Waals surface area (Å²) in [5.41, 5.74) is 1.82. The lowest BCUT2D eigenvalue weighted by Crippen LogP contribution is -2.12. The van der Waals surface area contributed by atoms with Crippen LogP contribution in [0.5, 0.6) is 0 Å². The van der Waals surface area contributed by atoms with E-state index in [0.29, 0.717) is 16.6 Å². The van der Waals surface area contributed by atoms with Crippen molar-refractivity contribution in [1.82, 2.24) is 0 Å². The van der Waals surface area contributed by atoms with Crippen molar-refractivity contribution in [2.24, 2.45) is 0 Å². The summed E-state index contributed by atoms with van der Waals surface area (Å²) < 4.78 is 13.5. The van der Waals surface area contributed by atoms with Crippen molar-refractivity contribution in [3.05, 3.63) is 64.4 Å². The molecular formula is C16H15BrFNO. The number of aryl methyl sites for hydroxylation is 1. The van der Waals surface area contributed by atoms with Gasteiger partial charge in [-0.05, 0) is 52.5 Å². The van der Waals surface area contributed by atoms with Crippen LogP contribution in [0.25, 0.3) is 0 Å². The van der Waals surface area contributed by atoms with Crippen molar-refractivity contribution in [3.63, 3.8) is 0 Å². The van der Waals surface area contributed by atoms with Gasteiger partial charge in [-0.3, -0.25) is 4.79 Å². The van der Waals surface area contributed by atoms with E-state index in [9.17, 15) is 9.18 Å². The van der Waals surface area contributed by atoms with Crippen molar-refractivity contribution >= 4 is 27.5 Å². The highest BCUT2D eigenvalue weighted by atomic mass is 79.9. The molecule has 0 fully saturated rings. The van der Waals surface area contributed by atoms with E-state index in [1.54, 1.807) is 6.07 Å². The van der Waals surface area contributed by atoms with E-state index in [2.05, 4.69) is 33.4 Å². The maximum atomic E-state index is 12.9. The highest BCUT2D eigenvalue weighted by Gasteiger charge is 2.06. The van der Waals surface area contributed by atoms with Crippen LogP contribution in [0.4, 0.5) is 10.1 Å². The summed E-state index contributed by atoms with van der Waals surface area (Å²) in [6, 6.07) is 14.3. The van der Waals surface area contributed by atoms with Gasteiger partial charge in [-0.2, -0.15) is 0 Å². The Hall–Kier alpha value is -1.68. The van der Waals surface area contributed by atoms with Gasteiger partial charge in [-0.1, -0.05) is 30.3 Å². The van der Waals surface area contributed by atoms with Crippen molar-refractivity contribution in [2.45, 2.75) is 19.3 Å². The van der Waals surface area contributed by atoms with Gasteiger partial charge in [0, 0.05) is 10.9 Å². The van der Waals surface area contributed by atoms with E-state index in [4.69, 9.17) is 0 Å². The SMILES string of the molecule is O=C(CCCc1ccccc1)Nc1ccc(F)cc1Br. The van der Waals surface area contributed by atoms with Crippen LogP contribution in [0.2, 0.25) is 0 Å². The van der Waals surface area contributed by atoms with Crippen molar-refractivity contribution in [3.8, 4) is 0 Å². The molecule has 0 radical (unpaired) electrons. The molecule has 0 aliphatic heterocycles. The summed E-state index contributed by atoms with van der Waals surface area (Å²) in [6.45, 7) is 0. The van der Waals surface area contributed by atoms with Gasteiger partial charge < -0.3 is 5.32 Å². The van der Waals surface area contributed by atoms with Gasteiger partial charge in [0.25, 0.3) is 0 Å². The molecule has 2 rings (SSSR count). The smallest absolute Gasteiger partial charge is 0.224 e. The second kappa shape index (κ2) is 7.20. The molecule has 0 heterocycles. The third-order valence-corrected chi connectivity index (χ3v) is 3.57. The average Bonchev–Trinajstić information content (AvgIpc) is 2.43. The minimum absolute atomic E-state index is 0.0618. The number of hydrogen-bond acceptors (Lipinski definition) is 1. The summed E-state index contributed by atoms with van der Waals surface area (Å²) in [7, 11) is 0. The molecule has 0 unspecified atom stereocenters. The fourth-order valence-corrected chi connectivity index (χ4v) is 2.35. The fraction of sp³-hybridized carbons (Fsp3) is 0.188. The predicted molar refractivity (Wildman–Crippen MR) is 82.1 cm³/mol. The lowest BCUT2D eigenvalue weighted by molar-refractivity contribution is -0.116. The standard InChI is InChI=1S/C16H15BrFNO/c17-14-11-13(18)9-10-15(14)19-16(20)8-4-7-12-5-2-1-3-6-12/h1-3,5-6,9-11H,4,7-8H2,(H,19,20). The molecule has 0 atom stereocenters. The molecule has 0 saturated carbocycles. The number of rotatable bonds is 5. The molecule has 0 aliphatic rings. The van der Waals surface area contributed by atoms with Crippen LogP contribution >= 0.6 is 15.9 Å². The quantitative estimate of drug-likeness (QED) is 0.853. The van der Waals surface area contributed by atoms with Crippen molar-refractivity contribution in [2.75, 3.05) is 5.32 Å². The number of amides is 1. The molecule has 0 spiro atoms. The Morgan fingerprint density at radius 1 is 1.15 bits per heavy atom. The van der Waals surface area contributed by atoms with E-state index < -0.39 is 0 Å². The minimum atomic E-state index is -0.334. The molecule has 104 valence electrons. The van der Waals surface area contributed by atoms with Gasteiger partial charge in [-0.15, -0.1) is 0 Å². The maximum Gasteiger partial charge on any atom is 0.224 e. The molecule has 1 amide bonds. The van der Waals surface area contributed by atoms with Gasteiger partial charge in [0.1, 0.15) is 5.82 Å². The first-order chi connectivity index (χ1) is 9.65. The van der Waals surface area contributed by atoms with Gasteiger partial charge in [0.15, 0.2) is 0 Å². The molecule has 2 aromatic rings. The largest absolute Gasteiger partial charge is 0.325 e. The molecule has 20 heavy (non-hydrogen) atoms. The van der Waals surface area contributed by atoms with Crippen molar-refractivity contribution < 1.29 is 9.18 Å². The van der Waals surface area contributed by atoms with Gasteiger partial charge >= 0.3 is 0 Å². The lowest BCUT2D eigenvalue weighted by Gasteiger charge is -2.07. The van der Waals surface area contributed by atoms with E-state index in [1.807, 2.05) is 18.2 Å². The first kappa shape index (κ1) is 14.7. The van der Waals surface area contributed by atoms with E-state index in [1.165, 1.54) is 17.7 Å². The van der Waals surface area contributed by atoms with E-state index in [-0.39, 0.29) is 11.7 Å². The first-order valence-corrected chi connectivity index (χ1v) is 7.23. The highest BCUT2D eigenvalue weighted by molar-refractivity contribution is 9.10. The van der Waals surface area contributed by atoms with E-state index >= 15 is 0 Å². The first-order valence-electron chi connectivity index (χ1n) is 6.44. The highest BCUT2D eigenvalue weighted by Crippen LogP contribution is 2.23. The number of benzene rings is 2. The number of hydrogen-bond donors (Lipinski definition) is 1. The summed E-state index contributed by atoms with van der Waals surface area (Å²) in [4.78, 5) is 11.8. The molecule has 4 heteroatoms. The Labute approximate surface area is 126 Å². The van der Waals surface area contributed by atoms with E-state index in [0.717, 1.165) is 12.8 Å². The number of carbonyl (C=O) groups is 1. The summed E-state index contributed by atoms with van der Waals surface area (Å²) in [5, 5.41) is 2.77. The van der Waals surface area contributed by atoms with Crippen LogP contribution in [-0.4, -0.2) is 5.91 Å². The van der Waals surface area contributed by atoms with Crippen molar-refractivity contribution in [1.29, 1.82) is 0 Å². The zero-order valence-electron chi connectivity index (χ0n) is 10.9. The van der Waals surface area contributed by atoms with Gasteiger partial charge in [0.05, 0.1) is 5.69 Å². The summed E-state index contributed by atoms with van der Waals surface area (Å²) in [5.74, 6) is -0.396. The van der Waals surface area contributed by atoms with Crippen LogP contribution in [0.15, 0.2) is 53.0 Å². The van der Waals surface area contributed by atoms with Crippen LogP contribution in [0, 0.1) is 5.82 Å². The van der Waals surface area contributed by atoms with Gasteiger partial charge in [0.2, 0.25) is 5.91 Å². The molecule has 0 aliphatic carbocycles. The molecule has 0 bridgehead atoms. The molecule has 0 saturated heterocycles. The molecule has 2 aromatic carbocycles. The van der Waals surface area contributed by atoms with Gasteiger partial charge in [-0.25, -0.2) is 4.39 Å². The Balaban J connectivity index is 1.81. The summed E-state index contributed by atoms with van der Waals surface area (Å²) in [6.07, 6.45) is 2.10. The second-order valence-electron chi connectivity index (χ2n) is 4.51. The molecule has 1 N–H and O–H groups in total. The number of halogens is 2. The topological polar surface area (TPSA) is 29.1 Å². The lowest BCUT2D eigenvalue weighted by atomic mass is 10.1.